The molecule has 1 amide bonds. The molecule has 4 rings (SSSR count). The third-order valence-corrected chi connectivity index (χ3v) is 4.92. The SMILES string of the molecule is CC1CN(C(=O)c2nn(-c3ccnc(N)n3)c3cc(Br)ccc23)CC(C)O1. The molecule has 2 N–H and O–H groups in total. The zero-order valence-corrected chi connectivity index (χ0v) is 16.5. The molecule has 3 aromatic rings. The number of carbonyl (C=O) groups is 1. The number of nitrogens with zero attached hydrogens (tertiary/aromatic N) is 5. The number of fused-ring (bicyclic) bond motifs is 1. The number of ether oxygens (including phenoxy) is 1. The summed E-state index contributed by atoms with van der Waals surface area (Å²) >= 11 is 3.48. The van der Waals surface area contributed by atoms with Gasteiger partial charge in [-0.15, -0.1) is 0 Å². The van der Waals surface area contributed by atoms with E-state index in [1.807, 2.05) is 32.0 Å². The minimum atomic E-state index is -0.120. The highest BCUT2D eigenvalue weighted by Gasteiger charge is 2.30. The van der Waals surface area contributed by atoms with Gasteiger partial charge in [-0.05, 0) is 32.0 Å². The van der Waals surface area contributed by atoms with E-state index in [2.05, 4.69) is 31.0 Å². The van der Waals surface area contributed by atoms with E-state index in [0.717, 1.165) is 15.4 Å². The molecular weight excluding hydrogens is 412 g/mol. The van der Waals surface area contributed by atoms with Gasteiger partial charge in [-0.1, -0.05) is 15.9 Å². The second kappa shape index (κ2) is 6.90. The molecule has 2 aromatic heterocycles. The van der Waals surface area contributed by atoms with Gasteiger partial charge in [0, 0.05) is 35.2 Å². The lowest BCUT2D eigenvalue weighted by Crippen LogP contribution is -2.48. The molecule has 0 bridgehead atoms. The normalized spacial score (nSPS) is 20.2. The average Bonchev–Trinajstić information content (AvgIpc) is 2.99. The monoisotopic (exact) mass is 430 g/mol. The van der Waals surface area contributed by atoms with Gasteiger partial charge in [0.15, 0.2) is 11.5 Å². The molecule has 1 fully saturated rings. The van der Waals surface area contributed by atoms with E-state index in [4.69, 9.17) is 10.5 Å². The maximum Gasteiger partial charge on any atom is 0.275 e. The van der Waals surface area contributed by atoms with Gasteiger partial charge in [-0.2, -0.15) is 10.1 Å². The summed E-state index contributed by atoms with van der Waals surface area (Å²) in [6.07, 6.45) is 1.54. The molecule has 1 aromatic carbocycles. The predicted octanol–water partition coefficient (Wildman–Crippen LogP) is 2.41. The Morgan fingerprint density at radius 2 is 2.00 bits per heavy atom. The summed E-state index contributed by atoms with van der Waals surface area (Å²) in [7, 11) is 0. The summed E-state index contributed by atoms with van der Waals surface area (Å²) in [5.74, 6) is 0.535. The van der Waals surface area contributed by atoms with Crippen LogP contribution in [-0.4, -0.2) is 55.9 Å². The van der Waals surface area contributed by atoms with Crippen molar-refractivity contribution < 1.29 is 9.53 Å². The van der Waals surface area contributed by atoms with Gasteiger partial charge < -0.3 is 15.4 Å². The van der Waals surface area contributed by atoms with Gasteiger partial charge in [-0.25, -0.2) is 9.67 Å². The largest absolute Gasteiger partial charge is 0.372 e. The summed E-state index contributed by atoms with van der Waals surface area (Å²) < 4.78 is 8.24. The van der Waals surface area contributed by atoms with Gasteiger partial charge in [0.2, 0.25) is 5.95 Å². The molecule has 2 atom stereocenters. The average molecular weight is 431 g/mol. The van der Waals surface area contributed by atoms with Crippen molar-refractivity contribution in [2.75, 3.05) is 18.8 Å². The second-order valence-corrected chi connectivity index (χ2v) is 7.58. The van der Waals surface area contributed by atoms with E-state index in [0.29, 0.717) is 24.6 Å². The summed E-state index contributed by atoms with van der Waals surface area (Å²) in [4.78, 5) is 23.2. The first-order chi connectivity index (χ1) is 12.9. The van der Waals surface area contributed by atoms with Crippen molar-refractivity contribution in [3.05, 3.63) is 40.6 Å². The Morgan fingerprint density at radius 1 is 1.26 bits per heavy atom. The highest BCUT2D eigenvalue weighted by Crippen LogP contribution is 2.27. The summed E-state index contributed by atoms with van der Waals surface area (Å²) in [6.45, 7) is 5.00. The number of rotatable bonds is 2. The van der Waals surface area contributed by atoms with Crippen molar-refractivity contribution >= 4 is 38.7 Å². The lowest BCUT2D eigenvalue weighted by Gasteiger charge is -2.34. The Hall–Kier alpha value is -2.52. The minimum Gasteiger partial charge on any atom is -0.372 e. The van der Waals surface area contributed by atoms with E-state index in [-0.39, 0.29) is 24.1 Å². The van der Waals surface area contributed by atoms with Crippen molar-refractivity contribution in [1.29, 1.82) is 0 Å². The van der Waals surface area contributed by atoms with Gasteiger partial charge in [0.25, 0.3) is 5.91 Å². The number of anilines is 1. The second-order valence-electron chi connectivity index (χ2n) is 6.66. The van der Waals surface area contributed by atoms with E-state index in [1.54, 1.807) is 21.8 Å². The van der Waals surface area contributed by atoms with Crippen molar-refractivity contribution in [2.24, 2.45) is 0 Å². The van der Waals surface area contributed by atoms with Gasteiger partial charge in [0.05, 0.1) is 17.7 Å². The first-order valence-electron chi connectivity index (χ1n) is 8.64. The maximum atomic E-state index is 13.2. The molecule has 0 aliphatic carbocycles. The first-order valence-corrected chi connectivity index (χ1v) is 9.43. The van der Waals surface area contributed by atoms with Crippen molar-refractivity contribution in [2.45, 2.75) is 26.1 Å². The molecule has 0 radical (unpaired) electrons. The molecule has 9 heteroatoms. The summed E-state index contributed by atoms with van der Waals surface area (Å²) in [6, 6.07) is 7.39. The number of nitrogen functional groups attached to an aromatic ring is 1. The highest BCUT2D eigenvalue weighted by atomic mass is 79.9. The Kier molecular flexibility index (Phi) is 4.56. The fourth-order valence-corrected chi connectivity index (χ4v) is 3.74. The van der Waals surface area contributed by atoms with Crippen LogP contribution in [0.25, 0.3) is 16.7 Å². The Labute approximate surface area is 164 Å². The van der Waals surface area contributed by atoms with Crippen LogP contribution in [0.4, 0.5) is 5.95 Å². The maximum absolute atomic E-state index is 13.2. The molecule has 1 saturated heterocycles. The molecule has 2 unspecified atom stereocenters. The number of aromatic nitrogens is 4. The summed E-state index contributed by atoms with van der Waals surface area (Å²) in [5, 5.41) is 5.34. The number of amides is 1. The van der Waals surface area contributed by atoms with Gasteiger partial charge in [0.1, 0.15) is 0 Å². The van der Waals surface area contributed by atoms with Crippen LogP contribution in [0, 0.1) is 0 Å². The molecule has 8 nitrogen and oxygen atoms in total. The van der Waals surface area contributed by atoms with Gasteiger partial charge in [-0.3, -0.25) is 4.79 Å². The first kappa shape index (κ1) is 17.9. The Bertz CT molecular complexity index is 1010. The molecule has 27 heavy (non-hydrogen) atoms. The topological polar surface area (TPSA) is 99.2 Å². The predicted molar refractivity (Wildman–Crippen MR) is 105 cm³/mol. The minimum absolute atomic E-state index is 0.0122. The Balaban J connectivity index is 1.83. The summed E-state index contributed by atoms with van der Waals surface area (Å²) in [5.41, 5.74) is 6.87. The van der Waals surface area contributed by atoms with Crippen LogP contribution < -0.4 is 5.73 Å². The highest BCUT2D eigenvalue weighted by molar-refractivity contribution is 9.10. The standard InChI is InChI=1S/C18H19BrN6O2/c1-10-8-24(9-11(2)27-10)17(26)16-13-4-3-12(19)7-14(13)25(23-16)15-5-6-21-18(20)22-15/h3-7,10-11H,8-9H2,1-2H3,(H2,20,21,22). The van der Waals surface area contributed by atoms with Crippen LogP contribution in [0.15, 0.2) is 34.9 Å². The quantitative estimate of drug-likeness (QED) is 0.669. The van der Waals surface area contributed by atoms with Crippen molar-refractivity contribution in [3.63, 3.8) is 0 Å². The number of nitrogens with two attached hydrogens (primary N) is 1. The van der Waals surface area contributed by atoms with E-state index in [9.17, 15) is 4.79 Å². The molecule has 3 heterocycles. The number of carbonyl (C=O) groups excluding carboxylic acids is 1. The molecular formula is C18H19BrN6O2. The molecule has 1 aliphatic heterocycles. The number of halogens is 1. The zero-order chi connectivity index (χ0) is 19.1. The van der Waals surface area contributed by atoms with E-state index >= 15 is 0 Å². The third kappa shape index (κ3) is 3.40. The number of hydrogen-bond acceptors (Lipinski definition) is 6. The van der Waals surface area contributed by atoms with Gasteiger partial charge >= 0.3 is 0 Å². The van der Waals surface area contributed by atoms with Crippen LogP contribution in [-0.2, 0) is 4.74 Å². The van der Waals surface area contributed by atoms with Crippen LogP contribution in [0.5, 0.6) is 0 Å². The van der Waals surface area contributed by atoms with Crippen LogP contribution in [0.1, 0.15) is 24.3 Å². The fraction of sp³-hybridized carbons (Fsp3) is 0.333. The number of hydrogen-bond donors (Lipinski definition) is 1. The number of morpholine rings is 1. The third-order valence-electron chi connectivity index (χ3n) is 4.43. The fourth-order valence-electron chi connectivity index (χ4n) is 3.40. The van der Waals surface area contributed by atoms with E-state index in [1.165, 1.54) is 0 Å². The lowest BCUT2D eigenvalue weighted by atomic mass is 10.1. The van der Waals surface area contributed by atoms with Crippen LogP contribution in [0.2, 0.25) is 0 Å². The molecule has 140 valence electrons. The molecule has 0 spiro atoms. The van der Waals surface area contributed by atoms with Crippen molar-refractivity contribution in [1.82, 2.24) is 24.6 Å². The molecule has 1 aliphatic rings. The number of benzene rings is 1. The zero-order valence-electron chi connectivity index (χ0n) is 15.0. The lowest BCUT2D eigenvalue weighted by molar-refractivity contribution is -0.0587. The smallest absolute Gasteiger partial charge is 0.275 e. The Morgan fingerprint density at radius 3 is 2.70 bits per heavy atom. The molecule has 0 saturated carbocycles. The van der Waals surface area contributed by atoms with E-state index < -0.39 is 0 Å². The van der Waals surface area contributed by atoms with Crippen LogP contribution >= 0.6 is 15.9 Å². The van der Waals surface area contributed by atoms with Crippen molar-refractivity contribution in [3.8, 4) is 5.82 Å². The van der Waals surface area contributed by atoms with Crippen LogP contribution in [0.3, 0.4) is 0 Å².